The molecule has 0 bridgehead atoms. The van der Waals surface area contributed by atoms with Crippen LogP contribution in [0, 0.1) is 0 Å². The second kappa shape index (κ2) is 13.8. The Kier molecular flexibility index (Phi) is 11.0. The highest BCUT2D eigenvalue weighted by atomic mass is 35.5. The third-order valence-electron chi connectivity index (χ3n) is 5.54. The molecular weight excluding hydrogens is 693 g/mol. The number of halogens is 10. The van der Waals surface area contributed by atoms with Gasteiger partial charge in [-0.1, -0.05) is 11.6 Å². The maximum Gasteiger partial charge on any atom is 0.417 e. The number of hydrogen-bond acceptors (Lipinski definition) is 7. The summed E-state index contributed by atoms with van der Waals surface area (Å²) >= 11 is 6.36. The minimum Gasteiger partial charge on any atom is -0.369 e. The van der Waals surface area contributed by atoms with Crippen LogP contribution in [-0.4, -0.2) is 31.8 Å². The second-order valence-electron chi connectivity index (χ2n) is 8.93. The first-order valence-corrected chi connectivity index (χ1v) is 14.8. The lowest BCUT2D eigenvalue weighted by molar-refractivity contribution is -0.143. The normalized spacial score (nSPS) is 12.6. The summed E-state index contributed by atoms with van der Waals surface area (Å²) in [6, 6.07) is 3.34. The maximum atomic E-state index is 13.0. The Morgan fingerprint density at radius 2 is 1.47 bits per heavy atom. The van der Waals surface area contributed by atoms with E-state index in [9.17, 15) is 57.5 Å². The van der Waals surface area contributed by atoms with Crippen LogP contribution in [0.5, 0.6) is 0 Å². The van der Waals surface area contributed by atoms with Crippen LogP contribution in [0.15, 0.2) is 46.8 Å². The number of nitrogens with zero attached hydrogens (tertiary/aromatic N) is 1. The van der Waals surface area contributed by atoms with Gasteiger partial charge < -0.3 is 10.6 Å². The number of aromatic nitrogens is 1. The summed E-state index contributed by atoms with van der Waals surface area (Å²) in [7, 11) is -4.33. The molecule has 4 N–H and O–H groups in total. The molecule has 0 unspecified atom stereocenters. The number of carbonyl (C=O) groups is 2. The average Bonchev–Trinajstić information content (AvgIpc) is 3.42. The third-order valence-corrected chi connectivity index (χ3v) is 8.65. The lowest BCUT2D eigenvalue weighted by Crippen LogP contribution is -2.41. The van der Waals surface area contributed by atoms with Crippen LogP contribution in [0.25, 0.3) is 0 Å². The summed E-state index contributed by atoms with van der Waals surface area (Å²) in [4.78, 5) is 29.9. The number of anilines is 1. The van der Waals surface area contributed by atoms with E-state index < -0.39 is 69.2 Å². The van der Waals surface area contributed by atoms with Gasteiger partial charge in [-0.05, 0) is 42.8 Å². The first-order chi connectivity index (χ1) is 20.7. The molecule has 2 aromatic heterocycles. The zero-order valence-corrected chi connectivity index (χ0v) is 24.4. The van der Waals surface area contributed by atoms with E-state index in [0.29, 0.717) is 23.6 Å². The molecule has 3 rings (SSSR count). The summed E-state index contributed by atoms with van der Waals surface area (Å²) in [5, 5.41) is 4.46. The summed E-state index contributed by atoms with van der Waals surface area (Å²) in [6.45, 7) is -0.413. The van der Waals surface area contributed by atoms with Gasteiger partial charge in [-0.3, -0.25) is 15.0 Å². The van der Waals surface area contributed by atoms with Gasteiger partial charge in [-0.15, -0.1) is 16.2 Å². The van der Waals surface area contributed by atoms with Crippen LogP contribution in [0.2, 0.25) is 5.02 Å². The van der Waals surface area contributed by atoms with Gasteiger partial charge in [0.05, 0.1) is 28.3 Å². The zero-order chi connectivity index (χ0) is 33.8. The maximum absolute atomic E-state index is 13.0. The molecule has 45 heavy (non-hydrogen) atoms. The molecule has 0 aliphatic heterocycles. The fourth-order valence-corrected chi connectivity index (χ4v) is 5.76. The fraction of sp³-hybridized carbons (Fsp3) is 0.292. The molecule has 2 amide bonds. The summed E-state index contributed by atoms with van der Waals surface area (Å²) < 4.78 is 141. The number of sulfonamides is 1. The number of carbonyl (C=O) groups excluding carboxylic acids is 2. The molecule has 0 saturated heterocycles. The Morgan fingerprint density at radius 1 is 0.867 bits per heavy atom. The van der Waals surface area contributed by atoms with Gasteiger partial charge in [-0.2, -0.15) is 39.5 Å². The zero-order valence-electron chi connectivity index (χ0n) is 22.0. The van der Waals surface area contributed by atoms with Crippen molar-refractivity contribution in [1.82, 2.24) is 20.6 Å². The van der Waals surface area contributed by atoms with Gasteiger partial charge in [-0.25, -0.2) is 13.4 Å². The number of amides is 2. The van der Waals surface area contributed by atoms with Crippen molar-refractivity contribution in [2.45, 2.75) is 42.1 Å². The molecular formula is C24H19ClF9N5O4S2. The van der Waals surface area contributed by atoms with Gasteiger partial charge in [0.15, 0.2) is 0 Å². The minimum absolute atomic E-state index is 0.0380. The van der Waals surface area contributed by atoms with Crippen molar-refractivity contribution < 1.29 is 57.5 Å². The van der Waals surface area contributed by atoms with Gasteiger partial charge in [0.1, 0.15) is 10.0 Å². The Morgan fingerprint density at radius 3 is 2.02 bits per heavy atom. The molecule has 1 aromatic carbocycles. The summed E-state index contributed by atoms with van der Waals surface area (Å²) in [6.07, 6.45) is -14.5. The highest BCUT2D eigenvalue weighted by Crippen LogP contribution is 2.36. The van der Waals surface area contributed by atoms with E-state index in [4.69, 9.17) is 11.6 Å². The van der Waals surface area contributed by atoms with Crippen molar-refractivity contribution in [3.8, 4) is 0 Å². The molecule has 0 fully saturated rings. The fourth-order valence-electron chi connectivity index (χ4n) is 3.37. The van der Waals surface area contributed by atoms with Crippen molar-refractivity contribution in [3.05, 3.63) is 74.7 Å². The minimum atomic E-state index is -5.16. The third kappa shape index (κ3) is 10.2. The number of pyridine rings is 1. The van der Waals surface area contributed by atoms with Crippen molar-refractivity contribution in [3.63, 3.8) is 0 Å². The number of hydrazine groups is 1. The topological polar surface area (TPSA) is 129 Å². The number of nitrogens with one attached hydrogen (secondary N) is 4. The van der Waals surface area contributed by atoms with E-state index in [2.05, 4.69) is 15.6 Å². The van der Waals surface area contributed by atoms with Crippen molar-refractivity contribution in [2.24, 2.45) is 0 Å². The molecule has 0 aliphatic carbocycles. The molecule has 9 nitrogen and oxygen atoms in total. The van der Waals surface area contributed by atoms with Gasteiger partial charge in [0.25, 0.3) is 15.9 Å². The smallest absolute Gasteiger partial charge is 0.369 e. The van der Waals surface area contributed by atoms with Crippen LogP contribution >= 0.6 is 22.9 Å². The summed E-state index contributed by atoms with van der Waals surface area (Å²) in [5.41, 5.74) is -3.38. The Hall–Kier alpha value is -3.62. The van der Waals surface area contributed by atoms with Crippen molar-refractivity contribution in [1.29, 1.82) is 0 Å². The highest BCUT2D eigenvalue weighted by molar-refractivity contribution is 7.91. The quantitative estimate of drug-likeness (QED) is 0.110. The molecule has 2 heterocycles. The molecule has 246 valence electrons. The van der Waals surface area contributed by atoms with Crippen LogP contribution in [0.1, 0.15) is 44.8 Å². The predicted molar refractivity (Wildman–Crippen MR) is 142 cm³/mol. The molecule has 21 heteroatoms. The summed E-state index contributed by atoms with van der Waals surface area (Å²) in [5.74, 6) is -2.12. The second-order valence-corrected chi connectivity index (χ2v) is 12.4. The molecule has 0 spiro atoms. The number of rotatable bonds is 11. The Labute approximate surface area is 257 Å². The molecule has 0 atom stereocenters. The van der Waals surface area contributed by atoms with Crippen LogP contribution < -0.4 is 20.9 Å². The van der Waals surface area contributed by atoms with Crippen LogP contribution in [0.4, 0.5) is 45.3 Å². The number of thiophene rings is 1. The Bertz CT molecular complexity index is 1630. The standard InChI is InChI=1S/C24H19ClF9N5O4S2/c25-17-9-15(24(32,33)34)10-36-20(17)35-5-1-2-18(40)38-39-45(42,43)19-4-3-16(44-19)11-37-21(41)12-6-13(22(26,27)28)8-14(7-12)23(29,30)31/h3-4,6-10,39H,1-2,5,11H2,(H,35,36)(H,37,41)(H,38,40). The lowest BCUT2D eigenvalue weighted by atomic mass is 10.0. The molecule has 0 aliphatic rings. The largest absolute Gasteiger partial charge is 0.417 e. The van der Waals surface area contributed by atoms with E-state index >= 15 is 0 Å². The molecule has 3 aromatic rings. The first-order valence-electron chi connectivity index (χ1n) is 12.1. The van der Waals surface area contributed by atoms with Gasteiger partial charge in [0, 0.05) is 29.6 Å². The van der Waals surface area contributed by atoms with Crippen molar-refractivity contribution >= 4 is 50.6 Å². The van der Waals surface area contributed by atoms with E-state index in [1.165, 1.54) is 6.07 Å². The van der Waals surface area contributed by atoms with Crippen molar-refractivity contribution in [2.75, 3.05) is 11.9 Å². The first kappa shape index (κ1) is 35.9. The Balaban J connectivity index is 1.50. The predicted octanol–water partition coefficient (Wildman–Crippen LogP) is 5.98. The lowest BCUT2D eigenvalue weighted by Gasteiger charge is -2.14. The highest BCUT2D eigenvalue weighted by Gasteiger charge is 2.37. The SMILES string of the molecule is O=C(CCCNc1ncc(C(F)(F)F)cc1Cl)NNS(=O)(=O)c1ccc(CNC(=O)c2cc(C(F)(F)F)cc(C(F)(F)F)c2)s1. The van der Waals surface area contributed by atoms with Gasteiger partial charge >= 0.3 is 18.5 Å². The van der Waals surface area contributed by atoms with E-state index in [1.807, 2.05) is 10.3 Å². The number of alkyl halides is 9. The molecule has 0 radical (unpaired) electrons. The van der Waals surface area contributed by atoms with E-state index in [1.54, 1.807) is 0 Å². The van der Waals surface area contributed by atoms with E-state index in [0.717, 1.165) is 6.07 Å². The van der Waals surface area contributed by atoms with E-state index in [-0.39, 0.29) is 57.5 Å². The monoisotopic (exact) mass is 711 g/mol. The molecule has 0 saturated carbocycles. The number of hydrogen-bond donors (Lipinski definition) is 4. The van der Waals surface area contributed by atoms with Gasteiger partial charge in [0.2, 0.25) is 5.91 Å². The van der Waals surface area contributed by atoms with Crippen LogP contribution in [0.3, 0.4) is 0 Å². The average molecular weight is 712 g/mol. The number of benzene rings is 1. The van der Waals surface area contributed by atoms with Crippen LogP contribution in [-0.2, 0) is 39.9 Å².